The van der Waals surface area contributed by atoms with Crippen LogP contribution in [0.5, 0.6) is 0 Å². The van der Waals surface area contributed by atoms with Gasteiger partial charge in [0, 0.05) is 6.04 Å². The van der Waals surface area contributed by atoms with Crippen molar-refractivity contribution in [2.24, 2.45) is 0 Å². The van der Waals surface area contributed by atoms with Crippen LogP contribution in [-0.4, -0.2) is 13.1 Å². The molecule has 0 aromatic carbocycles. The van der Waals surface area contributed by atoms with Crippen molar-refractivity contribution in [3.63, 3.8) is 0 Å². The number of rotatable bonds is 3. The van der Waals surface area contributed by atoms with Crippen molar-refractivity contribution in [2.45, 2.75) is 19.9 Å². The van der Waals surface area contributed by atoms with Crippen molar-refractivity contribution >= 4 is 37.9 Å². The second kappa shape index (κ2) is 5.14. The highest BCUT2D eigenvalue weighted by molar-refractivity contribution is 9.13. The van der Waals surface area contributed by atoms with Crippen molar-refractivity contribution in [1.82, 2.24) is 5.32 Å². The molecule has 0 aliphatic carbocycles. The van der Waals surface area contributed by atoms with Gasteiger partial charge in [-0.05, 0) is 64.9 Å². The molecule has 1 atom stereocenters. The zero-order valence-corrected chi connectivity index (χ0v) is 11.6. The van der Waals surface area contributed by atoms with E-state index in [0.717, 1.165) is 14.9 Å². The van der Waals surface area contributed by atoms with Crippen molar-refractivity contribution in [3.8, 4) is 0 Å². The fourth-order valence-electron chi connectivity index (χ4n) is 1.01. The minimum atomic E-state index is 0.359. The monoisotopic (exact) mass is 321 g/mol. The molecule has 0 saturated heterocycles. The van der Waals surface area contributed by atoms with Crippen LogP contribution in [0, 0.1) is 0 Å². The van der Waals surface area contributed by atoms with Gasteiger partial charge in [-0.3, -0.25) is 0 Å². The number of furan rings is 1. The average Bonchev–Trinajstić information content (AvgIpc) is 2.44. The van der Waals surface area contributed by atoms with E-state index in [-0.39, 0.29) is 0 Å². The fourth-order valence-corrected chi connectivity index (χ4v) is 1.62. The quantitative estimate of drug-likeness (QED) is 0.915. The zero-order chi connectivity index (χ0) is 10.7. The smallest absolute Gasteiger partial charge is 0.184 e. The Morgan fingerprint density at radius 2 is 2.21 bits per heavy atom. The summed E-state index contributed by atoms with van der Waals surface area (Å²) in [5, 5.41) is 3.17. The molecule has 2 nitrogen and oxygen atoms in total. The molecule has 1 N–H and O–H groups in total. The molecule has 4 heteroatoms. The summed E-state index contributed by atoms with van der Waals surface area (Å²) in [5.74, 6) is 0.850. The summed E-state index contributed by atoms with van der Waals surface area (Å²) < 4.78 is 7.11. The molecule has 1 aromatic rings. The Morgan fingerprint density at radius 1 is 1.57 bits per heavy atom. The SMILES string of the molecule is CNC(C)C(C)=Cc1cc(Br)c(Br)o1. The van der Waals surface area contributed by atoms with E-state index in [0.29, 0.717) is 6.04 Å². The first-order valence-electron chi connectivity index (χ1n) is 4.35. The molecular weight excluding hydrogens is 310 g/mol. The van der Waals surface area contributed by atoms with Crippen LogP contribution in [-0.2, 0) is 0 Å². The Balaban J connectivity index is 2.86. The Labute approximate surface area is 101 Å². The van der Waals surface area contributed by atoms with E-state index in [1.54, 1.807) is 0 Å². The minimum Gasteiger partial charge on any atom is -0.449 e. The predicted octanol–water partition coefficient (Wildman–Crippen LogP) is 3.82. The maximum absolute atomic E-state index is 5.45. The highest BCUT2D eigenvalue weighted by atomic mass is 79.9. The summed E-state index contributed by atoms with van der Waals surface area (Å²) >= 11 is 6.68. The summed E-state index contributed by atoms with van der Waals surface area (Å²) in [6.07, 6.45) is 2.02. The first kappa shape index (κ1) is 12.0. The molecule has 1 aromatic heterocycles. The van der Waals surface area contributed by atoms with Gasteiger partial charge in [0.1, 0.15) is 5.76 Å². The summed E-state index contributed by atoms with van der Waals surface area (Å²) in [5.41, 5.74) is 1.24. The highest BCUT2D eigenvalue weighted by Gasteiger charge is 2.06. The van der Waals surface area contributed by atoms with Crippen LogP contribution < -0.4 is 5.32 Å². The number of nitrogens with one attached hydrogen (secondary N) is 1. The van der Waals surface area contributed by atoms with Crippen LogP contribution in [0.2, 0.25) is 0 Å². The van der Waals surface area contributed by atoms with Crippen molar-refractivity contribution in [2.75, 3.05) is 7.05 Å². The van der Waals surface area contributed by atoms with Crippen LogP contribution in [0.4, 0.5) is 0 Å². The van der Waals surface area contributed by atoms with E-state index in [1.807, 2.05) is 19.2 Å². The largest absolute Gasteiger partial charge is 0.449 e. The average molecular weight is 323 g/mol. The normalized spacial score (nSPS) is 14.5. The molecule has 14 heavy (non-hydrogen) atoms. The van der Waals surface area contributed by atoms with Crippen LogP contribution in [0.1, 0.15) is 19.6 Å². The highest BCUT2D eigenvalue weighted by Crippen LogP contribution is 2.28. The summed E-state index contributed by atoms with van der Waals surface area (Å²) in [6, 6.07) is 2.30. The summed E-state index contributed by atoms with van der Waals surface area (Å²) in [7, 11) is 1.94. The van der Waals surface area contributed by atoms with Crippen molar-refractivity contribution < 1.29 is 4.42 Å². The van der Waals surface area contributed by atoms with E-state index in [1.165, 1.54) is 5.57 Å². The van der Waals surface area contributed by atoms with Crippen LogP contribution in [0.25, 0.3) is 6.08 Å². The number of hydrogen-bond donors (Lipinski definition) is 1. The maximum atomic E-state index is 5.45. The van der Waals surface area contributed by atoms with E-state index < -0.39 is 0 Å². The molecule has 1 heterocycles. The third-order valence-corrected chi connectivity index (χ3v) is 3.86. The van der Waals surface area contributed by atoms with Gasteiger partial charge in [0.25, 0.3) is 0 Å². The molecule has 1 rings (SSSR count). The molecule has 0 spiro atoms. The van der Waals surface area contributed by atoms with Gasteiger partial charge in [-0.25, -0.2) is 0 Å². The molecular formula is C10H13Br2NO. The van der Waals surface area contributed by atoms with Gasteiger partial charge in [0.2, 0.25) is 0 Å². The Bertz CT molecular complexity index is 324. The van der Waals surface area contributed by atoms with Crippen molar-refractivity contribution in [3.05, 3.63) is 26.5 Å². The van der Waals surface area contributed by atoms with Gasteiger partial charge in [0.05, 0.1) is 4.47 Å². The van der Waals surface area contributed by atoms with Crippen LogP contribution >= 0.6 is 31.9 Å². The summed E-state index contributed by atoms with van der Waals surface area (Å²) in [4.78, 5) is 0. The minimum absolute atomic E-state index is 0.359. The number of halogens is 2. The second-order valence-corrected chi connectivity index (χ2v) is 4.74. The fraction of sp³-hybridized carbons (Fsp3) is 0.400. The van der Waals surface area contributed by atoms with Gasteiger partial charge < -0.3 is 9.73 Å². The lowest BCUT2D eigenvalue weighted by molar-refractivity contribution is 0.528. The molecule has 0 fully saturated rings. The van der Waals surface area contributed by atoms with Gasteiger partial charge in [-0.2, -0.15) is 0 Å². The molecule has 78 valence electrons. The number of likely N-dealkylation sites (N-methyl/N-ethyl adjacent to an activating group) is 1. The Hall–Kier alpha value is -0.0600. The van der Waals surface area contributed by atoms with Crippen molar-refractivity contribution in [1.29, 1.82) is 0 Å². The maximum Gasteiger partial charge on any atom is 0.184 e. The topological polar surface area (TPSA) is 25.2 Å². The first-order chi connectivity index (χ1) is 6.54. The molecule has 0 bridgehead atoms. The molecule has 1 unspecified atom stereocenters. The van der Waals surface area contributed by atoms with Gasteiger partial charge in [0.15, 0.2) is 4.67 Å². The Kier molecular flexibility index (Phi) is 4.41. The molecule has 0 saturated carbocycles. The zero-order valence-electron chi connectivity index (χ0n) is 8.40. The van der Waals surface area contributed by atoms with Crippen LogP contribution in [0.15, 0.2) is 25.2 Å². The Morgan fingerprint density at radius 3 is 2.64 bits per heavy atom. The van der Waals surface area contributed by atoms with Gasteiger partial charge in [-0.15, -0.1) is 0 Å². The predicted molar refractivity (Wildman–Crippen MR) is 66.3 cm³/mol. The van der Waals surface area contributed by atoms with E-state index in [9.17, 15) is 0 Å². The lowest BCUT2D eigenvalue weighted by atomic mass is 10.1. The molecule has 0 aliphatic heterocycles. The van der Waals surface area contributed by atoms with Gasteiger partial charge in [-0.1, -0.05) is 5.57 Å². The van der Waals surface area contributed by atoms with E-state index in [2.05, 4.69) is 51.0 Å². The molecule has 0 aliphatic rings. The third kappa shape index (κ3) is 2.97. The van der Waals surface area contributed by atoms with E-state index in [4.69, 9.17) is 4.42 Å². The third-order valence-electron chi connectivity index (χ3n) is 2.15. The van der Waals surface area contributed by atoms with E-state index >= 15 is 0 Å². The van der Waals surface area contributed by atoms with Crippen LogP contribution in [0.3, 0.4) is 0 Å². The number of hydrogen-bond acceptors (Lipinski definition) is 2. The van der Waals surface area contributed by atoms with Gasteiger partial charge >= 0.3 is 0 Å². The molecule has 0 radical (unpaired) electrons. The lowest BCUT2D eigenvalue weighted by Crippen LogP contribution is -2.21. The standard InChI is InChI=1S/C10H13Br2NO/c1-6(7(2)13-3)4-8-5-9(11)10(12)14-8/h4-5,7,13H,1-3H3. The second-order valence-electron chi connectivity index (χ2n) is 3.17. The first-order valence-corrected chi connectivity index (χ1v) is 5.93. The lowest BCUT2D eigenvalue weighted by Gasteiger charge is -2.09. The summed E-state index contributed by atoms with van der Waals surface area (Å²) in [6.45, 7) is 4.18. The molecule has 0 amide bonds.